The Balaban J connectivity index is 2.20. The van der Waals surface area contributed by atoms with Gasteiger partial charge in [0.25, 0.3) is 0 Å². The lowest BCUT2D eigenvalue weighted by atomic mass is 10.0. The lowest BCUT2D eigenvalue weighted by molar-refractivity contribution is -0.138. The third-order valence-electron chi connectivity index (χ3n) is 4.53. The van der Waals surface area contributed by atoms with Gasteiger partial charge in [-0.15, -0.1) is 0 Å². The van der Waals surface area contributed by atoms with E-state index in [1.807, 2.05) is 43.0 Å². The Morgan fingerprint density at radius 3 is 2.52 bits per heavy atom. The summed E-state index contributed by atoms with van der Waals surface area (Å²) < 4.78 is 0. The number of amides is 1. The Kier molecular flexibility index (Phi) is 5.65. The second-order valence-electron chi connectivity index (χ2n) is 6.14. The van der Waals surface area contributed by atoms with E-state index < -0.39 is 0 Å². The number of nitrogens with zero attached hydrogens (tertiary/aromatic N) is 1. The highest BCUT2D eigenvalue weighted by atomic mass is 35.5. The van der Waals surface area contributed by atoms with Gasteiger partial charge < -0.3 is 10.6 Å². The summed E-state index contributed by atoms with van der Waals surface area (Å²) in [5, 5.41) is 0.724. The third kappa shape index (κ3) is 3.98. The number of carbonyl (C=O) groups is 1. The number of rotatable bonds is 5. The highest BCUT2D eigenvalue weighted by Gasteiger charge is 2.31. The van der Waals surface area contributed by atoms with E-state index in [4.69, 9.17) is 17.3 Å². The number of hydrogen-bond donors (Lipinski definition) is 1. The molecule has 4 heteroatoms. The van der Waals surface area contributed by atoms with E-state index in [1.54, 1.807) is 0 Å². The van der Waals surface area contributed by atoms with Gasteiger partial charge in [-0.1, -0.05) is 49.6 Å². The highest BCUT2D eigenvalue weighted by Crippen LogP contribution is 2.28. The Morgan fingerprint density at radius 2 is 1.95 bits per heavy atom. The topological polar surface area (TPSA) is 46.3 Å². The summed E-state index contributed by atoms with van der Waals surface area (Å²) >= 11 is 6.26. The fraction of sp³-hybridized carbons (Fsp3) is 0.588. The predicted octanol–water partition coefficient (Wildman–Crippen LogP) is 3.59. The van der Waals surface area contributed by atoms with Crippen molar-refractivity contribution in [3.05, 3.63) is 34.9 Å². The molecule has 2 N–H and O–H groups in total. The van der Waals surface area contributed by atoms with Gasteiger partial charge in [0.05, 0.1) is 5.92 Å². The largest absolute Gasteiger partial charge is 0.335 e. The molecule has 2 unspecified atom stereocenters. The molecule has 0 aliphatic heterocycles. The van der Waals surface area contributed by atoms with Crippen molar-refractivity contribution in [1.29, 1.82) is 0 Å². The molecule has 0 saturated heterocycles. The van der Waals surface area contributed by atoms with E-state index >= 15 is 0 Å². The molecule has 0 aromatic heterocycles. The fourth-order valence-corrected chi connectivity index (χ4v) is 3.09. The van der Waals surface area contributed by atoms with Gasteiger partial charge in [0, 0.05) is 23.7 Å². The van der Waals surface area contributed by atoms with Crippen molar-refractivity contribution in [1.82, 2.24) is 4.90 Å². The van der Waals surface area contributed by atoms with Crippen LogP contribution in [0, 0.1) is 5.92 Å². The van der Waals surface area contributed by atoms with E-state index in [2.05, 4.69) is 0 Å². The Hall–Kier alpha value is -1.06. The van der Waals surface area contributed by atoms with Crippen molar-refractivity contribution in [3.63, 3.8) is 0 Å². The van der Waals surface area contributed by atoms with Crippen LogP contribution in [0.3, 0.4) is 0 Å². The minimum atomic E-state index is -0.159. The van der Waals surface area contributed by atoms with Crippen molar-refractivity contribution in [2.75, 3.05) is 0 Å². The average molecular weight is 309 g/mol. The van der Waals surface area contributed by atoms with Crippen molar-refractivity contribution >= 4 is 17.5 Å². The van der Waals surface area contributed by atoms with E-state index in [-0.39, 0.29) is 17.9 Å². The molecule has 1 aliphatic carbocycles. The normalized spacial score (nSPS) is 18.5. The van der Waals surface area contributed by atoms with Crippen LogP contribution in [0.25, 0.3) is 0 Å². The van der Waals surface area contributed by atoms with Crippen LogP contribution in [0.5, 0.6) is 0 Å². The molecule has 21 heavy (non-hydrogen) atoms. The van der Waals surface area contributed by atoms with Gasteiger partial charge in [-0.05, 0) is 31.4 Å². The fourth-order valence-electron chi connectivity index (χ4n) is 2.90. The number of hydrogen-bond acceptors (Lipinski definition) is 2. The van der Waals surface area contributed by atoms with E-state index in [0.29, 0.717) is 12.6 Å². The van der Waals surface area contributed by atoms with Gasteiger partial charge in [0.1, 0.15) is 0 Å². The van der Waals surface area contributed by atoms with Crippen molar-refractivity contribution in [2.45, 2.75) is 58.2 Å². The summed E-state index contributed by atoms with van der Waals surface area (Å²) in [6, 6.07) is 7.95. The zero-order chi connectivity index (χ0) is 15.4. The zero-order valence-electron chi connectivity index (χ0n) is 12.9. The molecular formula is C17H25ClN2O. The summed E-state index contributed by atoms with van der Waals surface area (Å²) in [5.74, 6) is -0.00934. The molecule has 1 amide bonds. The Bertz CT molecular complexity index is 483. The molecule has 1 aromatic carbocycles. The lowest BCUT2D eigenvalue weighted by Crippen LogP contribution is -2.45. The number of carbonyl (C=O) groups excluding carboxylic acids is 1. The van der Waals surface area contributed by atoms with Crippen LogP contribution in [-0.2, 0) is 11.3 Å². The number of benzene rings is 1. The van der Waals surface area contributed by atoms with Gasteiger partial charge in [-0.3, -0.25) is 4.79 Å². The standard InChI is InChI=1S/C17H25ClN2O/c1-12(13(2)19)17(21)20(15-8-4-5-9-15)11-14-7-3-6-10-16(14)18/h3,6-7,10,12-13,15H,4-5,8-9,11,19H2,1-2H3. The monoisotopic (exact) mass is 308 g/mol. The first-order valence-corrected chi connectivity index (χ1v) is 8.18. The average Bonchev–Trinajstić information content (AvgIpc) is 2.98. The maximum atomic E-state index is 12.8. The molecule has 1 fully saturated rings. The van der Waals surface area contributed by atoms with Crippen LogP contribution in [-0.4, -0.2) is 22.9 Å². The van der Waals surface area contributed by atoms with Crippen LogP contribution in [0.2, 0.25) is 5.02 Å². The van der Waals surface area contributed by atoms with Crippen molar-refractivity contribution in [3.8, 4) is 0 Å². The van der Waals surface area contributed by atoms with Gasteiger partial charge >= 0.3 is 0 Å². The SMILES string of the molecule is CC(N)C(C)C(=O)N(Cc1ccccc1Cl)C1CCCC1. The van der Waals surface area contributed by atoms with Gasteiger partial charge in [0.15, 0.2) is 0 Å². The molecule has 3 nitrogen and oxygen atoms in total. The summed E-state index contributed by atoms with van der Waals surface area (Å²) in [6.07, 6.45) is 4.57. The van der Waals surface area contributed by atoms with Crippen LogP contribution >= 0.6 is 11.6 Å². The minimum Gasteiger partial charge on any atom is -0.335 e. The molecule has 1 saturated carbocycles. The van der Waals surface area contributed by atoms with E-state index in [9.17, 15) is 4.79 Å². The summed E-state index contributed by atoms with van der Waals surface area (Å²) in [4.78, 5) is 14.8. The molecule has 2 rings (SSSR count). The van der Waals surface area contributed by atoms with Crippen molar-refractivity contribution < 1.29 is 4.79 Å². The second kappa shape index (κ2) is 7.28. The first-order valence-electron chi connectivity index (χ1n) is 7.80. The molecule has 0 bridgehead atoms. The molecule has 0 heterocycles. The van der Waals surface area contributed by atoms with Crippen LogP contribution in [0.15, 0.2) is 24.3 Å². The lowest BCUT2D eigenvalue weighted by Gasteiger charge is -2.33. The second-order valence-corrected chi connectivity index (χ2v) is 6.55. The van der Waals surface area contributed by atoms with E-state index in [0.717, 1.165) is 23.4 Å². The maximum Gasteiger partial charge on any atom is 0.227 e. The van der Waals surface area contributed by atoms with Crippen LogP contribution in [0.1, 0.15) is 45.1 Å². The molecule has 116 valence electrons. The summed E-state index contributed by atoms with van der Waals surface area (Å²) in [6.45, 7) is 4.40. The number of halogens is 1. The number of nitrogens with two attached hydrogens (primary N) is 1. The maximum absolute atomic E-state index is 12.8. The van der Waals surface area contributed by atoms with Gasteiger partial charge in [-0.25, -0.2) is 0 Å². The zero-order valence-corrected chi connectivity index (χ0v) is 13.6. The van der Waals surface area contributed by atoms with Crippen molar-refractivity contribution in [2.24, 2.45) is 11.7 Å². The minimum absolute atomic E-state index is 0.132. The van der Waals surface area contributed by atoms with Gasteiger partial charge in [-0.2, -0.15) is 0 Å². The van der Waals surface area contributed by atoms with Gasteiger partial charge in [0.2, 0.25) is 5.91 Å². The first-order chi connectivity index (χ1) is 10.0. The van der Waals surface area contributed by atoms with Crippen LogP contribution < -0.4 is 5.73 Å². The van der Waals surface area contributed by atoms with Crippen LogP contribution in [0.4, 0.5) is 0 Å². The molecule has 2 atom stereocenters. The highest BCUT2D eigenvalue weighted by molar-refractivity contribution is 6.31. The molecule has 1 aliphatic rings. The molecule has 0 radical (unpaired) electrons. The Labute approximate surface area is 132 Å². The quantitative estimate of drug-likeness (QED) is 0.903. The first kappa shape index (κ1) is 16.3. The third-order valence-corrected chi connectivity index (χ3v) is 4.89. The summed E-state index contributed by atoms with van der Waals surface area (Å²) in [7, 11) is 0. The Morgan fingerprint density at radius 1 is 1.33 bits per heavy atom. The molecular weight excluding hydrogens is 284 g/mol. The smallest absolute Gasteiger partial charge is 0.227 e. The predicted molar refractivity (Wildman–Crippen MR) is 87.1 cm³/mol. The molecule has 0 spiro atoms. The summed E-state index contributed by atoms with van der Waals surface area (Å²) in [5.41, 5.74) is 6.93. The van der Waals surface area contributed by atoms with E-state index in [1.165, 1.54) is 12.8 Å². The molecule has 1 aromatic rings.